The van der Waals surface area contributed by atoms with Gasteiger partial charge in [0.15, 0.2) is 5.78 Å². The van der Waals surface area contributed by atoms with Crippen LogP contribution in [0.15, 0.2) is 66.7 Å². The molecule has 1 unspecified atom stereocenters. The first-order valence-electron chi connectivity index (χ1n) is 12.7. The lowest BCUT2D eigenvalue weighted by Crippen LogP contribution is -2.51. The smallest absolute Gasteiger partial charge is 0.335 e. The SMILES string of the molecule is O=C(O)c1ccc(CN2CCC(Nc3ccc4c5c3C(=O)N(c3cccc(Cl)c3)C(C=C4)C5=O)CC2)cc1. The Balaban J connectivity index is 1.20. The Bertz CT molecular complexity index is 1480. The van der Waals surface area contributed by atoms with Crippen LogP contribution in [0.3, 0.4) is 0 Å². The van der Waals surface area contributed by atoms with Crippen molar-refractivity contribution in [2.45, 2.75) is 31.5 Å². The van der Waals surface area contributed by atoms with Crippen molar-refractivity contribution < 1.29 is 19.5 Å². The molecular formula is C30H26ClN3O4. The number of rotatable bonds is 6. The molecule has 1 atom stereocenters. The fraction of sp³-hybridized carbons (Fsp3) is 0.233. The first-order valence-corrected chi connectivity index (χ1v) is 13.1. The van der Waals surface area contributed by atoms with Gasteiger partial charge in [0.05, 0.1) is 11.1 Å². The predicted molar refractivity (Wildman–Crippen MR) is 147 cm³/mol. The van der Waals surface area contributed by atoms with E-state index in [1.165, 1.54) is 0 Å². The lowest BCUT2D eigenvalue weighted by Gasteiger charge is -2.38. The second-order valence-corrected chi connectivity index (χ2v) is 10.4. The minimum atomic E-state index is -0.924. The van der Waals surface area contributed by atoms with Crippen molar-refractivity contribution in [3.05, 3.63) is 99.6 Å². The van der Waals surface area contributed by atoms with Gasteiger partial charge >= 0.3 is 5.97 Å². The molecule has 2 bridgehead atoms. The molecule has 0 spiro atoms. The van der Waals surface area contributed by atoms with E-state index >= 15 is 0 Å². The second kappa shape index (κ2) is 9.74. The van der Waals surface area contributed by atoms with E-state index < -0.39 is 12.0 Å². The van der Waals surface area contributed by atoms with E-state index in [1.807, 2.05) is 30.3 Å². The maximum atomic E-state index is 13.9. The Labute approximate surface area is 225 Å². The normalized spacial score (nSPS) is 19.1. The van der Waals surface area contributed by atoms with Gasteiger partial charge in [-0.1, -0.05) is 48.0 Å². The quantitative estimate of drug-likeness (QED) is 0.449. The summed E-state index contributed by atoms with van der Waals surface area (Å²) in [7, 11) is 0. The van der Waals surface area contributed by atoms with Crippen LogP contribution in [0.25, 0.3) is 6.08 Å². The summed E-state index contributed by atoms with van der Waals surface area (Å²) in [5.41, 5.74) is 4.34. The van der Waals surface area contributed by atoms with E-state index in [-0.39, 0.29) is 23.3 Å². The van der Waals surface area contributed by atoms with E-state index in [4.69, 9.17) is 16.7 Å². The highest BCUT2D eigenvalue weighted by atomic mass is 35.5. The van der Waals surface area contributed by atoms with E-state index in [9.17, 15) is 14.4 Å². The molecule has 0 aromatic heterocycles. The topological polar surface area (TPSA) is 89.9 Å². The zero-order valence-electron chi connectivity index (χ0n) is 20.6. The molecule has 3 aromatic carbocycles. The molecule has 2 aliphatic heterocycles. The number of aromatic carboxylic acids is 1. The molecule has 38 heavy (non-hydrogen) atoms. The number of hydrogen-bond donors (Lipinski definition) is 2. The second-order valence-electron chi connectivity index (χ2n) is 9.97. The Morgan fingerprint density at radius 1 is 1.00 bits per heavy atom. The first-order chi connectivity index (χ1) is 18.4. The molecule has 3 aromatic rings. The third-order valence-electron chi connectivity index (χ3n) is 7.56. The molecule has 8 heteroatoms. The minimum Gasteiger partial charge on any atom is -0.478 e. The highest BCUT2D eigenvalue weighted by Gasteiger charge is 2.43. The fourth-order valence-electron chi connectivity index (χ4n) is 5.62. The van der Waals surface area contributed by atoms with Gasteiger partial charge in [0.25, 0.3) is 5.91 Å². The van der Waals surface area contributed by atoms with Crippen molar-refractivity contribution >= 4 is 46.7 Å². The third-order valence-corrected chi connectivity index (χ3v) is 7.80. The summed E-state index contributed by atoms with van der Waals surface area (Å²) in [6.07, 6.45) is 5.46. The van der Waals surface area contributed by atoms with Gasteiger partial charge < -0.3 is 10.4 Å². The molecule has 2 heterocycles. The molecule has 1 saturated heterocycles. The van der Waals surface area contributed by atoms with Crippen molar-refractivity contribution in [3.8, 4) is 0 Å². The number of hydrogen-bond acceptors (Lipinski definition) is 5. The van der Waals surface area contributed by atoms with Crippen LogP contribution in [0.4, 0.5) is 11.4 Å². The Hall–Kier alpha value is -3.94. The number of likely N-dealkylation sites (tertiary alicyclic amines) is 1. The molecule has 0 radical (unpaired) electrons. The summed E-state index contributed by atoms with van der Waals surface area (Å²) < 4.78 is 0. The van der Waals surface area contributed by atoms with E-state index in [2.05, 4.69) is 10.2 Å². The molecular weight excluding hydrogens is 502 g/mol. The number of fused-ring (bicyclic) bond motifs is 1. The molecule has 2 N–H and O–H groups in total. The van der Waals surface area contributed by atoms with E-state index in [1.54, 1.807) is 47.4 Å². The number of amides is 1. The number of ketones is 1. The van der Waals surface area contributed by atoms with Crippen LogP contribution in [-0.4, -0.2) is 52.8 Å². The number of benzene rings is 3. The van der Waals surface area contributed by atoms with Gasteiger partial charge in [-0.3, -0.25) is 19.4 Å². The van der Waals surface area contributed by atoms with Crippen molar-refractivity contribution in [2.75, 3.05) is 23.3 Å². The first kappa shape index (κ1) is 24.4. The number of Topliss-reactive ketones (excluding diaryl/α,β-unsaturated/α-hetero) is 1. The molecule has 0 saturated carbocycles. The highest BCUT2D eigenvalue weighted by Crippen LogP contribution is 2.39. The lowest BCUT2D eigenvalue weighted by atomic mass is 9.82. The van der Waals surface area contributed by atoms with Gasteiger partial charge in [-0.05, 0) is 60.4 Å². The summed E-state index contributed by atoms with van der Waals surface area (Å²) in [4.78, 5) is 42.3. The number of anilines is 2. The average Bonchev–Trinajstić information content (AvgIpc) is 2.91. The number of piperidine rings is 1. The molecule has 1 amide bonds. The van der Waals surface area contributed by atoms with Crippen LogP contribution in [0, 0.1) is 0 Å². The summed E-state index contributed by atoms with van der Waals surface area (Å²) in [5.74, 6) is -1.21. The van der Waals surface area contributed by atoms with Crippen LogP contribution >= 0.6 is 11.6 Å². The van der Waals surface area contributed by atoms with Gasteiger partial charge in [-0.25, -0.2) is 4.79 Å². The Kier molecular flexibility index (Phi) is 6.26. The number of nitrogens with one attached hydrogen (secondary N) is 1. The summed E-state index contributed by atoms with van der Waals surface area (Å²) in [6.45, 7) is 2.49. The molecule has 3 aliphatic rings. The van der Waals surface area contributed by atoms with Gasteiger partial charge in [-0.2, -0.15) is 0 Å². The van der Waals surface area contributed by atoms with Crippen LogP contribution in [-0.2, 0) is 6.54 Å². The van der Waals surface area contributed by atoms with Crippen LogP contribution < -0.4 is 10.2 Å². The number of nitrogens with zero attached hydrogens (tertiary/aromatic N) is 2. The molecule has 1 fully saturated rings. The Morgan fingerprint density at radius 2 is 1.76 bits per heavy atom. The standard InChI is InChI=1S/C30H26ClN3O4/c31-21-2-1-3-23(16-21)34-25-11-9-19-8-10-24(27(29(34)36)26(19)28(25)35)32-22-12-14-33(15-13-22)17-18-4-6-20(7-5-18)30(37)38/h1-11,16,22,25,32H,12-15,17H2,(H,37,38). The number of carboxylic acids is 1. The third kappa shape index (κ3) is 4.38. The molecule has 7 nitrogen and oxygen atoms in total. The molecule has 6 rings (SSSR count). The maximum absolute atomic E-state index is 13.9. The van der Waals surface area contributed by atoms with Crippen molar-refractivity contribution in [3.63, 3.8) is 0 Å². The number of carboxylic acid groups (broad SMARTS) is 1. The zero-order valence-corrected chi connectivity index (χ0v) is 21.3. The van der Waals surface area contributed by atoms with Crippen molar-refractivity contribution in [1.29, 1.82) is 0 Å². The summed E-state index contributed by atoms with van der Waals surface area (Å²) in [6, 6.07) is 17.3. The van der Waals surface area contributed by atoms with E-state index in [0.29, 0.717) is 27.5 Å². The van der Waals surface area contributed by atoms with Gasteiger partial charge in [-0.15, -0.1) is 0 Å². The van der Waals surface area contributed by atoms with Crippen LogP contribution in [0.2, 0.25) is 5.02 Å². The molecule has 192 valence electrons. The number of halogens is 1. The lowest BCUT2D eigenvalue weighted by molar-refractivity contribution is 0.0696. The van der Waals surface area contributed by atoms with Crippen molar-refractivity contribution in [2.24, 2.45) is 0 Å². The minimum absolute atomic E-state index is 0.0792. The largest absolute Gasteiger partial charge is 0.478 e. The van der Waals surface area contributed by atoms with E-state index in [0.717, 1.165) is 43.6 Å². The zero-order chi connectivity index (χ0) is 26.4. The molecule has 1 aliphatic carbocycles. The van der Waals surface area contributed by atoms with Crippen LogP contribution in [0.1, 0.15) is 55.0 Å². The van der Waals surface area contributed by atoms with Crippen LogP contribution in [0.5, 0.6) is 0 Å². The predicted octanol–water partition coefficient (Wildman–Crippen LogP) is 5.35. The van der Waals surface area contributed by atoms with Gasteiger partial charge in [0, 0.05) is 47.6 Å². The number of carbonyl (C=O) groups excluding carboxylic acids is 2. The van der Waals surface area contributed by atoms with Crippen molar-refractivity contribution in [1.82, 2.24) is 4.90 Å². The Morgan fingerprint density at radius 3 is 2.47 bits per heavy atom. The highest BCUT2D eigenvalue weighted by molar-refractivity contribution is 6.31. The van der Waals surface area contributed by atoms with Gasteiger partial charge in [0.2, 0.25) is 0 Å². The summed E-state index contributed by atoms with van der Waals surface area (Å²) >= 11 is 6.21. The summed E-state index contributed by atoms with van der Waals surface area (Å²) in [5, 5.41) is 13.2. The monoisotopic (exact) mass is 527 g/mol. The number of carbonyl (C=O) groups is 3. The average molecular weight is 528 g/mol. The van der Waals surface area contributed by atoms with Gasteiger partial charge in [0.1, 0.15) is 6.04 Å². The maximum Gasteiger partial charge on any atom is 0.335 e. The fourth-order valence-corrected chi connectivity index (χ4v) is 5.80.